The summed E-state index contributed by atoms with van der Waals surface area (Å²) in [7, 11) is 0. The molecule has 1 N–H and O–H groups in total. The number of aliphatic hydroxyl groups excluding tert-OH is 1. The quantitative estimate of drug-likeness (QED) is 0.773. The van der Waals surface area contributed by atoms with E-state index in [1.807, 2.05) is 35.7 Å². The van der Waals surface area contributed by atoms with Crippen molar-refractivity contribution in [2.75, 3.05) is 0 Å². The molecule has 0 saturated heterocycles. The Hall–Kier alpha value is -1.23. The van der Waals surface area contributed by atoms with Crippen LogP contribution >= 0.6 is 27.3 Å². The van der Waals surface area contributed by atoms with Crippen molar-refractivity contribution in [1.29, 1.82) is 0 Å². The van der Waals surface area contributed by atoms with Gasteiger partial charge in [0.25, 0.3) is 0 Å². The average Bonchev–Trinajstić information content (AvgIpc) is 2.83. The molecule has 2 aromatic heterocycles. The van der Waals surface area contributed by atoms with Crippen LogP contribution in [-0.2, 0) is 6.42 Å². The highest BCUT2D eigenvalue weighted by atomic mass is 79.9. The van der Waals surface area contributed by atoms with Crippen LogP contribution in [0.15, 0.2) is 52.4 Å². The zero-order valence-corrected chi connectivity index (χ0v) is 12.5. The minimum absolute atomic E-state index is 0.477. The highest BCUT2D eigenvalue weighted by Gasteiger charge is 2.10. The molecule has 0 aliphatic carbocycles. The third kappa shape index (κ3) is 2.86. The van der Waals surface area contributed by atoms with Crippen molar-refractivity contribution < 1.29 is 5.11 Å². The second-order valence-corrected chi connectivity index (χ2v) is 6.32. The van der Waals surface area contributed by atoms with Crippen molar-refractivity contribution in [1.82, 2.24) is 4.98 Å². The summed E-state index contributed by atoms with van der Waals surface area (Å²) in [5, 5.41) is 13.4. The number of pyridine rings is 1. The Morgan fingerprint density at radius 1 is 1.26 bits per heavy atom. The maximum absolute atomic E-state index is 10.3. The summed E-state index contributed by atoms with van der Waals surface area (Å²) in [6.45, 7) is 0. The normalized spacial score (nSPS) is 12.7. The Kier molecular flexibility index (Phi) is 3.64. The fourth-order valence-electron chi connectivity index (χ4n) is 2.07. The van der Waals surface area contributed by atoms with Crippen LogP contribution < -0.4 is 0 Å². The van der Waals surface area contributed by atoms with Crippen LogP contribution in [0.1, 0.15) is 16.5 Å². The van der Waals surface area contributed by atoms with Crippen LogP contribution in [0, 0.1) is 0 Å². The predicted octanol–water partition coefficient (Wildman–Crippen LogP) is 4.33. The molecule has 3 rings (SSSR count). The van der Waals surface area contributed by atoms with Crippen molar-refractivity contribution >= 4 is 38.2 Å². The molecule has 1 atom stereocenters. The number of hydrogen-bond acceptors (Lipinski definition) is 3. The number of hydrogen-bond donors (Lipinski definition) is 1. The average molecular weight is 334 g/mol. The van der Waals surface area contributed by atoms with Gasteiger partial charge in [-0.05, 0) is 45.8 Å². The van der Waals surface area contributed by atoms with Gasteiger partial charge in [-0.2, -0.15) is 0 Å². The first-order chi connectivity index (χ1) is 9.22. The van der Waals surface area contributed by atoms with Crippen molar-refractivity contribution in [3.8, 4) is 0 Å². The standard InChI is InChI=1S/C15H12BrNOS/c16-12-7-13(19-9-12)8-15(18)11-3-4-14-10(6-11)2-1-5-17-14/h1-7,9,15,18H,8H2. The van der Waals surface area contributed by atoms with Gasteiger partial charge in [-0.15, -0.1) is 11.3 Å². The van der Waals surface area contributed by atoms with E-state index in [2.05, 4.69) is 27.0 Å². The molecule has 3 aromatic rings. The third-order valence-electron chi connectivity index (χ3n) is 3.03. The molecular weight excluding hydrogens is 322 g/mol. The van der Waals surface area contributed by atoms with Crippen LogP contribution in [0.2, 0.25) is 0 Å². The summed E-state index contributed by atoms with van der Waals surface area (Å²) in [5.74, 6) is 0. The van der Waals surface area contributed by atoms with Crippen molar-refractivity contribution in [2.24, 2.45) is 0 Å². The maximum atomic E-state index is 10.3. The Balaban J connectivity index is 1.86. The largest absolute Gasteiger partial charge is 0.388 e. The van der Waals surface area contributed by atoms with Gasteiger partial charge in [0.05, 0.1) is 11.6 Å². The lowest BCUT2D eigenvalue weighted by molar-refractivity contribution is 0.179. The van der Waals surface area contributed by atoms with Crippen molar-refractivity contribution in [2.45, 2.75) is 12.5 Å². The predicted molar refractivity (Wildman–Crippen MR) is 82.4 cm³/mol. The first-order valence-corrected chi connectivity index (χ1v) is 7.65. The molecule has 0 fully saturated rings. The summed E-state index contributed by atoms with van der Waals surface area (Å²) in [6, 6.07) is 11.9. The molecule has 1 aromatic carbocycles. The number of aromatic nitrogens is 1. The number of thiophene rings is 1. The molecule has 2 nitrogen and oxygen atoms in total. The first-order valence-electron chi connectivity index (χ1n) is 5.98. The number of nitrogens with zero attached hydrogens (tertiary/aromatic N) is 1. The van der Waals surface area contributed by atoms with Gasteiger partial charge in [-0.25, -0.2) is 0 Å². The molecule has 0 bridgehead atoms. The second-order valence-electron chi connectivity index (χ2n) is 4.41. The number of fused-ring (bicyclic) bond motifs is 1. The number of benzene rings is 1. The smallest absolute Gasteiger partial charge is 0.0838 e. The molecule has 4 heteroatoms. The minimum Gasteiger partial charge on any atom is -0.388 e. The first kappa shape index (κ1) is 12.8. The SMILES string of the molecule is OC(Cc1cc(Br)cs1)c1ccc2ncccc2c1. The van der Waals surface area contributed by atoms with Gasteiger partial charge in [0, 0.05) is 32.7 Å². The summed E-state index contributed by atoms with van der Waals surface area (Å²) >= 11 is 5.09. The molecule has 1 unspecified atom stereocenters. The Labute approximate surface area is 123 Å². The van der Waals surface area contributed by atoms with E-state index in [0.717, 1.165) is 20.9 Å². The van der Waals surface area contributed by atoms with Crippen LogP contribution in [-0.4, -0.2) is 10.1 Å². The van der Waals surface area contributed by atoms with E-state index in [1.54, 1.807) is 17.5 Å². The number of aliphatic hydroxyl groups is 1. The van der Waals surface area contributed by atoms with Gasteiger partial charge in [0.2, 0.25) is 0 Å². The minimum atomic E-state index is -0.477. The van der Waals surface area contributed by atoms with E-state index in [0.29, 0.717) is 6.42 Å². The second kappa shape index (κ2) is 5.41. The zero-order valence-electron chi connectivity index (χ0n) is 10.1. The van der Waals surface area contributed by atoms with Gasteiger partial charge >= 0.3 is 0 Å². The maximum Gasteiger partial charge on any atom is 0.0838 e. The topological polar surface area (TPSA) is 33.1 Å². The lowest BCUT2D eigenvalue weighted by Gasteiger charge is -2.10. The number of rotatable bonds is 3. The van der Waals surface area contributed by atoms with Crippen LogP contribution in [0.5, 0.6) is 0 Å². The summed E-state index contributed by atoms with van der Waals surface area (Å²) < 4.78 is 1.07. The third-order valence-corrected chi connectivity index (χ3v) is 4.75. The molecule has 2 heterocycles. The zero-order chi connectivity index (χ0) is 13.2. The van der Waals surface area contributed by atoms with E-state index in [-0.39, 0.29) is 0 Å². The molecule has 19 heavy (non-hydrogen) atoms. The monoisotopic (exact) mass is 333 g/mol. The fourth-order valence-corrected chi connectivity index (χ4v) is 3.56. The van der Waals surface area contributed by atoms with Gasteiger partial charge in [-0.3, -0.25) is 4.98 Å². The molecule has 96 valence electrons. The van der Waals surface area contributed by atoms with Crippen molar-refractivity contribution in [3.63, 3.8) is 0 Å². The summed E-state index contributed by atoms with van der Waals surface area (Å²) in [6.07, 6.45) is 1.94. The molecule has 0 aliphatic rings. The molecule has 0 saturated carbocycles. The van der Waals surface area contributed by atoms with E-state index in [1.165, 1.54) is 4.88 Å². The summed E-state index contributed by atoms with van der Waals surface area (Å²) in [5.41, 5.74) is 1.89. The van der Waals surface area contributed by atoms with Gasteiger partial charge < -0.3 is 5.11 Å². The molecule has 0 spiro atoms. The Morgan fingerprint density at radius 2 is 2.16 bits per heavy atom. The molecular formula is C15H12BrNOS. The Morgan fingerprint density at radius 3 is 2.95 bits per heavy atom. The Bertz CT molecular complexity index is 710. The van der Waals surface area contributed by atoms with Crippen LogP contribution in [0.4, 0.5) is 0 Å². The van der Waals surface area contributed by atoms with Crippen LogP contribution in [0.25, 0.3) is 10.9 Å². The van der Waals surface area contributed by atoms with E-state index >= 15 is 0 Å². The fraction of sp³-hybridized carbons (Fsp3) is 0.133. The van der Waals surface area contributed by atoms with E-state index < -0.39 is 6.10 Å². The van der Waals surface area contributed by atoms with Crippen molar-refractivity contribution in [3.05, 3.63) is 62.9 Å². The van der Waals surface area contributed by atoms with E-state index in [4.69, 9.17) is 0 Å². The van der Waals surface area contributed by atoms with Gasteiger partial charge in [0.1, 0.15) is 0 Å². The van der Waals surface area contributed by atoms with Gasteiger partial charge in [-0.1, -0.05) is 12.1 Å². The molecule has 0 radical (unpaired) electrons. The highest BCUT2D eigenvalue weighted by molar-refractivity contribution is 9.10. The van der Waals surface area contributed by atoms with Gasteiger partial charge in [0.15, 0.2) is 0 Å². The molecule has 0 amide bonds. The lowest BCUT2D eigenvalue weighted by atomic mass is 10.0. The van der Waals surface area contributed by atoms with Crippen LogP contribution in [0.3, 0.4) is 0 Å². The lowest BCUT2D eigenvalue weighted by Crippen LogP contribution is -2.00. The molecule has 0 aliphatic heterocycles. The number of halogens is 1. The summed E-state index contributed by atoms with van der Waals surface area (Å²) in [4.78, 5) is 5.46. The highest BCUT2D eigenvalue weighted by Crippen LogP contribution is 2.26. The van der Waals surface area contributed by atoms with E-state index in [9.17, 15) is 5.11 Å².